The monoisotopic (exact) mass is 700 g/mol. The Hall–Kier alpha value is -7.19. The highest BCUT2D eigenvalue weighted by Crippen LogP contribution is 2.57. The minimum Gasteiger partial charge on any atom is -0.434 e. The number of hydrogen-bond acceptors (Lipinski definition) is 6. The second-order valence-corrected chi connectivity index (χ2v) is 13.6. The van der Waals surface area contributed by atoms with Crippen LogP contribution in [0.2, 0.25) is 0 Å². The molecule has 4 heterocycles. The molecule has 11 rings (SSSR count). The molecule has 2 unspecified atom stereocenters. The van der Waals surface area contributed by atoms with Crippen LogP contribution in [0.1, 0.15) is 28.8 Å². The van der Waals surface area contributed by atoms with E-state index in [1.807, 2.05) is 72.8 Å². The molecule has 0 bridgehead atoms. The highest BCUT2D eigenvalue weighted by molar-refractivity contribution is 5.97. The molecular weight excluding hydrogens is 672 g/mol. The van der Waals surface area contributed by atoms with Gasteiger partial charge in [-0.3, -0.25) is 0 Å². The highest BCUT2D eigenvalue weighted by atomic mass is 19.1. The van der Waals surface area contributed by atoms with Gasteiger partial charge >= 0.3 is 0 Å². The summed E-state index contributed by atoms with van der Waals surface area (Å²) in [5, 5.41) is 1.13. The van der Waals surface area contributed by atoms with Crippen LogP contribution in [-0.4, -0.2) is 24.5 Å². The summed E-state index contributed by atoms with van der Waals surface area (Å²) in [6.45, 7) is 0. The Morgan fingerprint density at radius 1 is 0.574 bits per heavy atom. The molecule has 256 valence electrons. The summed E-state index contributed by atoms with van der Waals surface area (Å²) in [6.07, 6.45) is 4.57. The molecule has 0 radical (unpaired) electrons. The van der Waals surface area contributed by atoms with Crippen LogP contribution in [0.3, 0.4) is 0 Å². The van der Waals surface area contributed by atoms with Crippen molar-refractivity contribution in [2.45, 2.75) is 12.0 Å². The zero-order valence-corrected chi connectivity index (χ0v) is 28.7. The molecule has 0 N–H and O–H groups in total. The lowest BCUT2D eigenvalue weighted by molar-refractivity contribution is 0.608. The van der Waals surface area contributed by atoms with E-state index in [2.05, 4.69) is 76.2 Å². The molecule has 2 atom stereocenters. The van der Waals surface area contributed by atoms with E-state index >= 15 is 0 Å². The van der Waals surface area contributed by atoms with Crippen LogP contribution in [0.4, 0.5) is 16.0 Å². The fourth-order valence-corrected chi connectivity index (χ4v) is 8.15. The lowest BCUT2D eigenvalue weighted by atomic mass is 9.86. The van der Waals surface area contributed by atoms with Crippen LogP contribution in [0.25, 0.3) is 68.0 Å². The van der Waals surface area contributed by atoms with Gasteiger partial charge in [0.25, 0.3) is 0 Å². The van der Waals surface area contributed by atoms with Crippen molar-refractivity contribution >= 4 is 39.7 Å². The van der Waals surface area contributed by atoms with Crippen molar-refractivity contribution < 1.29 is 8.81 Å². The third-order valence-electron chi connectivity index (χ3n) is 10.5. The Balaban J connectivity index is 1.18. The maximum absolute atomic E-state index is 14.1. The van der Waals surface area contributed by atoms with E-state index < -0.39 is 0 Å². The second kappa shape index (κ2) is 11.9. The summed E-state index contributed by atoms with van der Waals surface area (Å²) in [6, 6.07) is 49.1. The Morgan fingerprint density at radius 3 is 2.04 bits per heavy atom. The van der Waals surface area contributed by atoms with Crippen LogP contribution < -0.4 is 4.90 Å². The Labute approximate surface area is 309 Å². The van der Waals surface area contributed by atoms with Crippen LogP contribution in [0, 0.1) is 5.82 Å². The Bertz CT molecular complexity index is 2920. The van der Waals surface area contributed by atoms with Gasteiger partial charge in [-0.15, -0.1) is 0 Å². The number of halogens is 1. The van der Waals surface area contributed by atoms with E-state index in [0.717, 1.165) is 50.2 Å². The summed E-state index contributed by atoms with van der Waals surface area (Å²) >= 11 is 0. The number of nitrogens with zero attached hydrogens (tertiary/aromatic N) is 6. The molecular formula is C46H29FN6O. The van der Waals surface area contributed by atoms with Gasteiger partial charge < -0.3 is 13.9 Å². The normalized spacial score (nSPS) is 15.8. The maximum Gasteiger partial charge on any atom is 0.234 e. The van der Waals surface area contributed by atoms with Crippen molar-refractivity contribution in [3.8, 4) is 39.9 Å². The molecule has 0 saturated heterocycles. The summed E-state index contributed by atoms with van der Waals surface area (Å²) in [5.41, 5.74) is 10.3. The summed E-state index contributed by atoms with van der Waals surface area (Å²) < 4.78 is 23.1. The molecule has 7 nitrogen and oxygen atoms in total. The summed E-state index contributed by atoms with van der Waals surface area (Å²) in [5.74, 6) is 1.74. The smallest absolute Gasteiger partial charge is 0.234 e. The predicted octanol–water partition coefficient (Wildman–Crippen LogP) is 11.1. The molecule has 0 spiro atoms. The van der Waals surface area contributed by atoms with Gasteiger partial charge in [0.05, 0.1) is 22.9 Å². The predicted molar refractivity (Wildman–Crippen MR) is 210 cm³/mol. The highest BCUT2D eigenvalue weighted by Gasteiger charge is 2.45. The van der Waals surface area contributed by atoms with Gasteiger partial charge in [-0.2, -0.15) is 9.97 Å². The number of benzene rings is 6. The van der Waals surface area contributed by atoms with E-state index in [0.29, 0.717) is 34.6 Å². The summed E-state index contributed by atoms with van der Waals surface area (Å²) in [4.78, 5) is 22.5. The molecule has 9 aromatic rings. The molecule has 3 aromatic heterocycles. The van der Waals surface area contributed by atoms with Crippen LogP contribution in [-0.2, 0) is 0 Å². The number of hydrogen-bond donors (Lipinski definition) is 0. The van der Waals surface area contributed by atoms with Gasteiger partial charge in [-0.1, -0.05) is 103 Å². The fraction of sp³-hybridized carbons (Fsp3) is 0.0435. The number of oxazole rings is 1. The maximum atomic E-state index is 14.1. The van der Waals surface area contributed by atoms with Crippen molar-refractivity contribution in [2.75, 3.05) is 4.90 Å². The number of anilines is 2. The number of fused-ring (bicyclic) bond motifs is 8. The molecule has 54 heavy (non-hydrogen) atoms. The Kier molecular flexibility index (Phi) is 6.72. The largest absolute Gasteiger partial charge is 0.434 e. The lowest BCUT2D eigenvalue weighted by Gasteiger charge is -2.32. The van der Waals surface area contributed by atoms with E-state index in [1.54, 1.807) is 12.1 Å². The molecule has 0 fully saturated rings. The molecule has 8 heteroatoms. The van der Waals surface area contributed by atoms with Gasteiger partial charge in [-0.05, 0) is 66.2 Å². The first-order chi connectivity index (χ1) is 26.7. The van der Waals surface area contributed by atoms with E-state index in [4.69, 9.17) is 24.4 Å². The van der Waals surface area contributed by atoms with Crippen LogP contribution in [0.5, 0.6) is 0 Å². The van der Waals surface area contributed by atoms with Crippen molar-refractivity contribution in [1.82, 2.24) is 24.5 Å². The topological polar surface area (TPSA) is 72.9 Å². The van der Waals surface area contributed by atoms with Crippen molar-refractivity contribution in [1.29, 1.82) is 0 Å². The minimum atomic E-state index is -0.320. The molecule has 1 aliphatic carbocycles. The third-order valence-corrected chi connectivity index (χ3v) is 10.5. The molecule has 6 aromatic carbocycles. The zero-order valence-electron chi connectivity index (χ0n) is 28.7. The van der Waals surface area contributed by atoms with Crippen molar-refractivity contribution in [3.63, 3.8) is 0 Å². The van der Waals surface area contributed by atoms with Crippen LogP contribution in [0.15, 0.2) is 162 Å². The number of para-hydroxylation sites is 3. The average Bonchev–Trinajstić information content (AvgIpc) is 3.92. The molecule has 1 aliphatic heterocycles. The zero-order chi connectivity index (χ0) is 35.8. The summed E-state index contributed by atoms with van der Waals surface area (Å²) in [7, 11) is 0. The minimum absolute atomic E-state index is 0.0169. The standard InChI is InChI=1S/C46H29FN6O/c47-31-24-22-29(23-25-31)44-49-43(28-12-3-1-4-13-28)50-46(51-44)53-38-20-10-8-17-33(38)35-27-26-34-32-16-7-9-19-37(32)52(40(34)41(35)53)39-21-11-18-36-42(39)54-45(48-36)30-14-5-2-6-15-30/h1-27,35,41H. The quantitative estimate of drug-likeness (QED) is 0.178. The number of aromatic nitrogens is 5. The van der Waals surface area contributed by atoms with Gasteiger partial charge in [0, 0.05) is 39.2 Å². The SMILES string of the molecule is Fc1ccc(-c2nc(-c3ccccc3)nc(N3c4ccccc4C4C=Cc5c(n(-c6cccc7nc(-c8ccccc8)oc67)c6ccccc56)C43)n2)cc1. The fourth-order valence-electron chi connectivity index (χ4n) is 8.15. The first kappa shape index (κ1) is 30.4. The average molecular weight is 701 g/mol. The van der Waals surface area contributed by atoms with Gasteiger partial charge in [-0.25, -0.2) is 14.4 Å². The first-order valence-corrected chi connectivity index (χ1v) is 17.9. The van der Waals surface area contributed by atoms with E-state index in [9.17, 15) is 4.39 Å². The number of rotatable bonds is 5. The molecule has 0 amide bonds. The second-order valence-electron chi connectivity index (χ2n) is 13.6. The van der Waals surface area contributed by atoms with Crippen molar-refractivity contribution in [3.05, 3.63) is 180 Å². The van der Waals surface area contributed by atoms with Gasteiger partial charge in [0.1, 0.15) is 11.3 Å². The van der Waals surface area contributed by atoms with Crippen molar-refractivity contribution in [2.24, 2.45) is 0 Å². The molecule has 0 saturated carbocycles. The van der Waals surface area contributed by atoms with Gasteiger partial charge in [0.15, 0.2) is 17.2 Å². The van der Waals surface area contributed by atoms with Crippen LogP contribution >= 0.6 is 0 Å². The van der Waals surface area contributed by atoms with Gasteiger partial charge in [0.2, 0.25) is 11.8 Å². The third kappa shape index (κ3) is 4.66. The Morgan fingerprint density at radius 2 is 1.24 bits per heavy atom. The lowest BCUT2D eigenvalue weighted by Crippen LogP contribution is -2.28. The van der Waals surface area contributed by atoms with E-state index in [1.165, 1.54) is 17.7 Å². The van der Waals surface area contributed by atoms with E-state index in [-0.39, 0.29) is 17.8 Å². The first-order valence-electron chi connectivity index (χ1n) is 17.9. The molecule has 2 aliphatic rings.